The molecular formula is C17H15FN4. The number of hydrogen-bond acceptors (Lipinski definition) is 3. The largest absolute Gasteiger partial charge is 0.283 e. The SMILES string of the molecule is Cc1cnccc1-c1cc2c(cc1F)-n1c(C)nnc1CC2. The van der Waals surface area contributed by atoms with Crippen molar-refractivity contribution in [2.45, 2.75) is 26.7 Å². The van der Waals surface area contributed by atoms with E-state index in [1.54, 1.807) is 18.5 Å². The Morgan fingerprint density at radius 1 is 1.09 bits per heavy atom. The lowest BCUT2D eigenvalue weighted by molar-refractivity contribution is 0.625. The Morgan fingerprint density at radius 3 is 2.77 bits per heavy atom. The van der Waals surface area contributed by atoms with E-state index in [1.807, 2.05) is 30.5 Å². The first-order valence-corrected chi connectivity index (χ1v) is 7.30. The highest BCUT2D eigenvalue weighted by atomic mass is 19.1. The molecule has 0 saturated heterocycles. The highest BCUT2D eigenvalue weighted by Gasteiger charge is 2.22. The molecule has 4 nitrogen and oxygen atoms in total. The average molecular weight is 294 g/mol. The molecule has 5 heteroatoms. The monoisotopic (exact) mass is 294 g/mol. The van der Waals surface area contributed by atoms with E-state index in [0.29, 0.717) is 5.56 Å². The third-order valence-electron chi connectivity index (χ3n) is 4.23. The van der Waals surface area contributed by atoms with Gasteiger partial charge >= 0.3 is 0 Å². The third kappa shape index (κ3) is 1.85. The fourth-order valence-electron chi connectivity index (χ4n) is 3.13. The Labute approximate surface area is 127 Å². The molecule has 0 spiro atoms. The second kappa shape index (κ2) is 4.73. The summed E-state index contributed by atoms with van der Waals surface area (Å²) < 4.78 is 16.7. The van der Waals surface area contributed by atoms with E-state index in [2.05, 4.69) is 15.2 Å². The Morgan fingerprint density at radius 2 is 1.95 bits per heavy atom. The first kappa shape index (κ1) is 13.1. The van der Waals surface area contributed by atoms with Crippen molar-refractivity contribution in [3.05, 3.63) is 59.2 Å². The number of nitrogens with zero attached hydrogens (tertiary/aromatic N) is 4. The molecule has 1 aliphatic heterocycles. The molecule has 0 unspecified atom stereocenters. The number of rotatable bonds is 1. The van der Waals surface area contributed by atoms with Crippen molar-refractivity contribution in [3.8, 4) is 16.8 Å². The molecule has 1 aliphatic rings. The van der Waals surface area contributed by atoms with E-state index in [9.17, 15) is 4.39 Å². The summed E-state index contributed by atoms with van der Waals surface area (Å²) in [6.45, 7) is 3.84. The molecule has 22 heavy (non-hydrogen) atoms. The standard InChI is InChI=1S/C17H15FN4/c1-10-9-19-6-5-13(10)14-7-12-3-4-17-21-20-11(2)22(17)16(12)8-15(14)18/h5-9H,3-4H2,1-2H3. The quantitative estimate of drug-likeness (QED) is 0.692. The van der Waals surface area contributed by atoms with Crippen LogP contribution in [-0.4, -0.2) is 19.7 Å². The van der Waals surface area contributed by atoms with E-state index in [0.717, 1.165) is 46.9 Å². The molecule has 1 aromatic carbocycles. The summed E-state index contributed by atoms with van der Waals surface area (Å²) in [7, 11) is 0. The first-order valence-electron chi connectivity index (χ1n) is 7.30. The fourth-order valence-corrected chi connectivity index (χ4v) is 3.13. The summed E-state index contributed by atoms with van der Waals surface area (Å²) in [6.07, 6.45) is 5.14. The van der Waals surface area contributed by atoms with Crippen molar-refractivity contribution < 1.29 is 4.39 Å². The summed E-state index contributed by atoms with van der Waals surface area (Å²) >= 11 is 0. The maximum Gasteiger partial charge on any atom is 0.137 e. The number of fused-ring (bicyclic) bond motifs is 3. The van der Waals surface area contributed by atoms with Gasteiger partial charge in [0, 0.05) is 24.4 Å². The van der Waals surface area contributed by atoms with Crippen molar-refractivity contribution in [3.63, 3.8) is 0 Å². The van der Waals surface area contributed by atoms with Crippen molar-refractivity contribution in [1.29, 1.82) is 0 Å². The number of halogens is 1. The molecule has 0 N–H and O–H groups in total. The minimum Gasteiger partial charge on any atom is -0.283 e. The molecule has 0 radical (unpaired) electrons. The molecule has 0 saturated carbocycles. The van der Waals surface area contributed by atoms with Crippen LogP contribution in [0.3, 0.4) is 0 Å². The molecule has 3 heterocycles. The van der Waals surface area contributed by atoms with E-state index >= 15 is 0 Å². The van der Waals surface area contributed by atoms with Crippen LogP contribution < -0.4 is 0 Å². The molecule has 4 rings (SSSR count). The van der Waals surface area contributed by atoms with Gasteiger partial charge in [-0.15, -0.1) is 10.2 Å². The number of aryl methyl sites for hydroxylation is 4. The first-order chi connectivity index (χ1) is 10.6. The summed E-state index contributed by atoms with van der Waals surface area (Å²) in [5, 5.41) is 8.27. The molecular weight excluding hydrogens is 279 g/mol. The van der Waals surface area contributed by atoms with Crippen molar-refractivity contribution in [2.24, 2.45) is 0 Å². The maximum absolute atomic E-state index is 14.7. The zero-order valence-corrected chi connectivity index (χ0v) is 12.5. The zero-order chi connectivity index (χ0) is 15.3. The molecule has 0 aliphatic carbocycles. The third-order valence-corrected chi connectivity index (χ3v) is 4.23. The summed E-state index contributed by atoms with van der Waals surface area (Å²) in [5.74, 6) is 1.47. The van der Waals surface area contributed by atoms with Gasteiger partial charge in [0.1, 0.15) is 17.5 Å². The molecule has 3 aromatic rings. The summed E-state index contributed by atoms with van der Waals surface area (Å²) in [6, 6.07) is 5.41. The minimum atomic E-state index is -0.228. The van der Waals surface area contributed by atoms with Gasteiger partial charge in [-0.2, -0.15) is 0 Å². The van der Waals surface area contributed by atoms with Crippen molar-refractivity contribution in [1.82, 2.24) is 19.7 Å². The van der Waals surface area contributed by atoms with E-state index in [1.165, 1.54) is 0 Å². The molecule has 0 amide bonds. The molecule has 0 bridgehead atoms. The van der Waals surface area contributed by atoms with Crippen LogP contribution in [0.15, 0.2) is 30.6 Å². The van der Waals surface area contributed by atoms with E-state index < -0.39 is 0 Å². The van der Waals surface area contributed by atoms with Gasteiger partial charge in [-0.05, 0) is 55.2 Å². The number of hydrogen-bond donors (Lipinski definition) is 0. The topological polar surface area (TPSA) is 43.6 Å². The Balaban J connectivity index is 1.94. The number of aromatic nitrogens is 4. The second-order valence-corrected chi connectivity index (χ2v) is 5.65. The van der Waals surface area contributed by atoms with Gasteiger partial charge in [-0.25, -0.2) is 4.39 Å². The highest BCUT2D eigenvalue weighted by molar-refractivity contribution is 5.70. The summed E-state index contributed by atoms with van der Waals surface area (Å²) in [4.78, 5) is 4.08. The highest BCUT2D eigenvalue weighted by Crippen LogP contribution is 2.33. The molecule has 0 fully saturated rings. The van der Waals surface area contributed by atoms with Gasteiger partial charge in [-0.3, -0.25) is 9.55 Å². The van der Waals surface area contributed by atoms with Crippen LogP contribution in [0.4, 0.5) is 4.39 Å². The van der Waals surface area contributed by atoms with Crippen LogP contribution in [0.1, 0.15) is 22.8 Å². The van der Waals surface area contributed by atoms with Gasteiger partial charge in [0.25, 0.3) is 0 Å². The predicted octanol–water partition coefficient (Wildman–Crippen LogP) is 3.18. The molecule has 110 valence electrons. The Hall–Kier alpha value is -2.56. The fraction of sp³-hybridized carbons (Fsp3) is 0.235. The van der Waals surface area contributed by atoms with Crippen LogP contribution in [0.2, 0.25) is 0 Å². The van der Waals surface area contributed by atoms with Gasteiger partial charge in [0.05, 0.1) is 5.69 Å². The minimum absolute atomic E-state index is 0.228. The van der Waals surface area contributed by atoms with Crippen LogP contribution >= 0.6 is 0 Å². The van der Waals surface area contributed by atoms with Gasteiger partial charge in [-0.1, -0.05) is 0 Å². The average Bonchev–Trinajstić information content (AvgIpc) is 2.89. The normalized spacial score (nSPS) is 12.9. The molecule has 2 aromatic heterocycles. The predicted molar refractivity (Wildman–Crippen MR) is 81.4 cm³/mol. The lowest BCUT2D eigenvalue weighted by Gasteiger charge is -2.20. The lowest BCUT2D eigenvalue weighted by Crippen LogP contribution is -2.14. The van der Waals surface area contributed by atoms with Crippen molar-refractivity contribution >= 4 is 0 Å². The van der Waals surface area contributed by atoms with Crippen LogP contribution in [0, 0.1) is 19.7 Å². The molecule has 0 atom stereocenters. The van der Waals surface area contributed by atoms with Gasteiger partial charge in [0.15, 0.2) is 0 Å². The second-order valence-electron chi connectivity index (χ2n) is 5.65. The van der Waals surface area contributed by atoms with Crippen molar-refractivity contribution in [2.75, 3.05) is 0 Å². The van der Waals surface area contributed by atoms with Crippen LogP contribution in [0.25, 0.3) is 16.8 Å². The Kier molecular flexibility index (Phi) is 2.82. The number of benzene rings is 1. The number of pyridine rings is 1. The van der Waals surface area contributed by atoms with Crippen LogP contribution in [0.5, 0.6) is 0 Å². The smallest absolute Gasteiger partial charge is 0.137 e. The van der Waals surface area contributed by atoms with Gasteiger partial charge < -0.3 is 0 Å². The van der Waals surface area contributed by atoms with E-state index in [-0.39, 0.29) is 5.82 Å². The zero-order valence-electron chi connectivity index (χ0n) is 12.5. The van der Waals surface area contributed by atoms with Crippen LogP contribution in [-0.2, 0) is 12.8 Å². The Bertz CT molecular complexity index is 882. The van der Waals surface area contributed by atoms with Gasteiger partial charge in [0.2, 0.25) is 0 Å². The van der Waals surface area contributed by atoms with E-state index in [4.69, 9.17) is 0 Å². The summed E-state index contributed by atoms with van der Waals surface area (Å²) in [5.41, 5.74) is 4.48. The lowest BCUT2D eigenvalue weighted by atomic mass is 9.95. The maximum atomic E-state index is 14.7.